The molecule has 0 saturated heterocycles. The summed E-state index contributed by atoms with van der Waals surface area (Å²) in [6.07, 6.45) is 0. The van der Waals surface area contributed by atoms with E-state index in [4.69, 9.17) is 0 Å². The second-order valence-corrected chi connectivity index (χ2v) is 4.87. The topological polar surface area (TPSA) is 55.4 Å². The standard InChI is InChI=1S/C15H13NO3S/c1-10(15(18)19-2)12-8-9-20-14(12)16-13(17)11-6-4-3-5-7-11/h3-9H,1H2,2H3,(H,16,17). The van der Waals surface area contributed by atoms with Gasteiger partial charge in [-0.2, -0.15) is 0 Å². The Kier molecular flexibility index (Phi) is 4.32. The lowest BCUT2D eigenvalue weighted by molar-refractivity contribution is -0.133. The van der Waals surface area contributed by atoms with Crippen LogP contribution in [0.25, 0.3) is 5.57 Å². The number of thiophene rings is 1. The van der Waals surface area contributed by atoms with Gasteiger partial charge in [0.05, 0.1) is 12.7 Å². The summed E-state index contributed by atoms with van der Waals surface area (Å²) in [4.78, 5) is 23.6. The summed E-state index contributed by atoms with van der Waals surface area (Å²) >= 11 is 1.33. The van der Waals surface area contributed by atoms with Crippen LogP contribution in [0.3, 0.4) is 0 Å². The Morgan fingerprint density at radius 3 is 2.55 bits per heavy atom. The first kappa shape index (κ1) is 14.0. The van der Waals surface area contributed by atoms with E-state index in [1.807, 2.05) is 6.07 Å². The molecule has 5 heteroatoms. The van der Waals surface area contributed by atoms with Gasteiger partial charge in [-0.25, -0.2) is 4.79 Å². The molecule has 102 valence electrons. The fourth-order valence-corrected chi connectivity index (χ4v) is 2.45. The van der Waals surface area contributed by atoms with E-state index in [9.17, 15) is 9.59 Å². The third-order valence-corrected chi connectivity index (χ3v) is 3.52. The molecule has 0 radical (unpaired) electrons. The van der Waals surface area contributed by atoms with Crippen LogP contribution in [0, 0.1) is 0 Å². The lowest BCUT2D eigenvalue weighted by Crippen LogP contribution is -2.12. The van der Waals surface area contributed by atoms with Gasteiger partial charge in [0.25, 0.3) is 5.91 Å². The molecule has 0 spiro atoms. The van der Waals surface area contributed by atoms with Gasteiger partial charge in [-0.3, -0.25) is 4.79 Å². The van der Waals surface area contributed by atoms with Crippen LogP contribution in [0.4, 0.5) is 5.00 Å². The van der Waals surface area contributed by atoms with Crippen molar-refractivity contribution in [2.75, 3.05) is 12.4 Å². The summed E-state index contributed by atoms with van der Waals surface area (Å²) in [6, 6.07) is 10.6. The summed E-state index contributed by atoms with van der Waals surface area (Å²) in [7, 11) is 1.29. The predicted octanol–water partition coefficient (Wildman–Crippen LogP) is 3.19. The number of ether oxygens (including phenoxy) is 1. The van der Waals surface area contributed by atoms with E-state index >= 15 is 0 Å². The molecule has 1 amide bonds. The molecule has 1 aromatic heterocycles. The second kappa shape index (κ2) is 6.16. The number of anilines is 1. The Morgan fingerprint density at radius 1 is 1.20 bits per heavy atom. The van der Waals surface area contributed by atoms with Gasteiger partial charge < -0.3 is 10.1 Å². The third-order valence-electron chi connectivity index (χ3n) is 2.69. The third kappa shape index (κ3) is 2.95. The molecule has 4 nitrogen and oxygen atoms in total. The van der Waals surface area contributed by atoms with Gasteiger partial charge in [-0.1, -0.05) is 24.8 Å². The number of hydrogen-bond donors (Lipinski definition) is 1. The Hall–Kier alpha value is -2.40. The maximum Gasteiger partial charge on any atom is 0.337 e. The highest BCUT2D eigenvalue weighted by Gasteiger charge is 2.16. The number of esters is 1. The van der Waals surface area contributed by atoms with Crippen LogP contribution in [0.15, 0.2) is 48.4 Å². The molecule has 20 heavy (non-hydrogen) atoms. The molecule has 0 bridgehead atoms. The molecule has 2 aromatic rings. The SMILES string of the molecule is C=C(C(=O)OC)c1ccsc1NC(=O)c1ccccc1. The van der Waals surface area contributed by atoms with Crippen LogP contribution in [0.5, 0.6) is 0 Å². The molecular formula is C15H13NO3S. The molecule has 1 heterocycles. The minimum absolute atomic E-state index is 0.220. The molecule has 1 aromatic carbocycles. The Bertz CT molecular complexity index is 646. The summed E-state index contributed by atoms with van der Waals surface area (Å²) in [5.41, 5.74) is 1.35. The fraction of sp³-hybridized carbons (Fsp3) is 0.0667. The van der Waals surface area contributed by atoms with E-state index in [1.165, 1.54) is 18.4 Å². The highest BCUT2D eigenvalue weighted by molar-refractivity contribution is 7.14. The molecule has 2 rings (SSSR count). The first-order valence-electron chi connectivity index (χ1n) is 5.85. The van der Waals surface area contributed by atoms with Crippen molar-refractivity contribution in [2.45, 2.75) is 0 Å². The number of rotatable bonds is 4. The Morgan fingerprint density at radius 2 is 1.90 bits per heavy atom. The minimum atomic E-state index is -0.515. The molecule has 0 aliphatic heterocycles. The van der Waals surface area contributed by atoms with Crippen LogP contribution in [0.1, 0.15) is 15.9 Å². The van der Waals surface area contributed by atoms with Crippen molar-refractivity contribution in [1.82, 2.24) is 0 Å². The number of carbonyl (C=O) groups is 2. The van der Waals surface area contributed by atoms with Crippen LogP contribution < -0.4 is 5.32 Å². The number of benzene rings is 1. The maximum atomic E-state index is 12.1. The highest BCUT2D eigenvalue weighted by atomic mass is 32.1. The van der Waals surface area contributed by atoms with Gasteiger partial charge in [0, 0.05) is 11.1 Å². The molecule has 1 N–H and O–H groups in total. The van der Waals surface area contributed by atoms with Crippen LogP contribution in [-0.2, 0) is 9.53 Å². The number of methoxy groups -OCH3 is 1. The van der Waals surface area contributed by atoms with Crippen molar-refractivity contribution >= 4 is 33.8 Å². The molecule has 0 aliphatic rings. The summed E-state index contributed by atoms with van der Waals surface area (Å²) < 4.78 is 4.63. The second-order valence-electron chi connectivity index (χ2n) is 3.95. The monoisotopic (exact) mass is 287 g/mol. The van der Waals surface area contributed by atoms with E-state index in [-0.39, 0.29) is 11.5 Å². The lowest BCUT2D eigenvalue weighted by atomic mass is 10.1. The van der Waals surface area contributed by atoms with E-state index in [0.717, 1.165) is 0 Å². The normalized spacial score (nSPS) is 9.85. The number of hydrogen-bond acceptors (Lipinski definition) is 4. The summed E-state index contributed by atoms with van der Waals surface area (Å²) in [5.74, 6) is -0.745. The molecular weight excluding hydrogens is 274 g/mol. The zero-order valence-corrected chi connectivity index (χ0v) is 11.7. The lowest BCUT2D eigenvalue weighted by Gasteiger charge is -2.07. The van der Waals surface area contributed by atoms with E-state index in [1.54, 1.807) is 35.7 Å². The number of nitrogens with one attached hydrogen (secondary N) is 1. The van der Waals surface area contributed by atoms with Gasteiger partial charge in [0.2, 0.25) is 0 Å². The van der Waals surface area contributed by atoms with Crippen molar-refractivity contribution < 1.29 is 14.3 Å². The van der Waals surface area contributed by atoms with Crippen molar-refractivity contribution in [2.24, 2.45) is 0 Å². The highest BCUT2D eigenvalue weighted by Crippen LogP contribution is 2.29. The average molecular weight is 287 g/mol. The molecule has 0 fully saturated rings. The molecule has 0 saturated carbocycles. The van der Waals surface area contributed by atoms with Crippen LogP contribution in [-0.4, -0.2) is 19.0 Å². The molecule has 0 aliphatic carbocycles. The van der Waals surface area contributed by atoms with Gasteiger partial charge in [-0.15, -0.1) is 11.3 Å². The molecule has 0 atom stereocenters. The van der Waals surface area contributed by atoms with Gasteiger partial charge in [0.1, 0.15) is 5.00 Å². The fourth-order valence-electron chi connectivity index (χ4n) is 1.64. The first-order valence-corrected chi connectivity index (χ1v) is 6.73. The zero-order valence-electron chi connectivity index (χ0n) is 10.9. The first-order chi connectivity index (χ1) is 9.63. The summed E-state index contributed by atoms with van der Waals surface area (Å²) in [6.45, 7) is 3.69. The average Bonchev–Trinajstić information content (AvgIpc) is 2.94. The van der Waals surface area contributed by atoms with Crippen molar-refractivity contribution in [3.8, 4) is 0 Å². The maximum absolute atomic E-state index is 12.1. The van der Waals surface area contributed by atoms with Gasteiger partial charge in [-0.05, 0) is 23.6 Å². The quantitative estimate of drug-likeness (QED) is 0.694. The summed E-state index contributed by atoms with van der Waals surface area (Å²) in [5, 5.41) is 5.14. The Labute approximate surface area is 120 Å². The smallest absolute Gasteiger partial charge is 0.337 e. The predicted molar refractivity (Wildman–Crippen MR) is 79.8 cm³/mol. The number of carbonyl (C=O) groups excluding carboxylic acids is 2. The van der Waals surface area contributed by atoms with Crippen molar-refractivity contribution in [3.05, 3.63) is 59.5 Å². The van der Waals surface area contributed by atoms with Gasteiger partial charge in [0.15, 0.2) is 0 Å². The number of amides is 1. The van der Waals surface area contributed by atoms with E-state index in [2.05, 4.69) is 16.6 Å². The largest absolute Gasteiger partial charge is 0.465 e. The zero-order chi connectivity index (χ0) is 14.5. The van der Waals surface area contributed by atoms with E-state index in [0.29, 0.717) is 16.1 Å². The van der Waals surface area contributed by atoms with Crippen LogP contribution >= 0.6 is 11.3 Å². The minimum Gasteiger partial charge on any atom is -0.465 e. The van der Waals surface area contributed by atoms with E-state index < -0.39 is 5.97 Å². The molecule has 0 unspecified atom stereocenters. The Balaban J connectivity index is 2.19. The van der Waals surface area contributed by atoms with Gasteiger partial charge >= 0.3 is 5.97 Å². The van der Waals surface area contributed by atoms with Crippen molar-refractivity contribution in [3.63, 3.8) is 0 Å². The van der Waals surface area contributed by atoms with Crippen molar-refractivity contribution in [1.29, 1.82) is 0 Å². The van der Waals surface area contributed by atoms with Crippen LogP contribution in [0.2, 0.25) is 0 Å².